The van der Waals surface area contributed by atoms with E-state index in [0.717, 1.165) is 15.6 Å². The molecule has 31 heavy (non-hydrogen) atoms. The van der Waals surface area contributed by atoms with Crippen molar-refractivity contribution in [2.24, 2.45) is 0 Å². The molecule has 3 aromatic rings. The van der Waals surface area contributed by atoms with Crippen LogP contribution in [0.25, 0.3) is 0 Å². The molecule has 3 aromatic carbocycles. The monoisotopic (exact) mass is 477 g/mol. The molecule has 1 N–H and O–H groups in total. The van der Waals surface area contributed by atoms with Crippen LogP contribution in [0, 0.1) is 0 Å². The highest BCUT2D eigenvalue weighted by Crippen LogP contribution is 2.31. The molecule has 1 amide bonds. The normalized spacial score (nSPS) is 13.0. The average molecular weight is 478 g/mol. The van der Waals surface area contributed by atoms with Gasteiger partial charge in [0.25, 0.3) is 5.91 Å². The number of carbonyl (C=O) groups is 1. The summed E-state index contributed by atoms with van der Waals surface area (Å²) in [6, 6.07) is 24.3. The predicted octanol–water partition coefficient (Wildman–Crippen LogP) is 7.56. The lowest BCUT2D eigenvalue weighted by atomic mass is 9.79. The Morgan fingerprint density at radius 2 is 1.23 bits per heavy atom. The zero-order chi connectivity index (χ0) is 22.8. The van der Waals surface area contributed by atoms with Crippen LogP contribution < -0.4 is 5.32 Å². The van der Waals surface area contributed by atoms with E-state index < -0.39 is 0 Å². The van der Waals surface area contributed by atoms with E-state index in [1.54, 1.807) is 0 Å². The van der Waals surface area contributed by atoms with Crippen LogP contribution in [0.3, 0.4) is 0 Å². The lowest BCUT2D eigenvalue weighted by molar-refractivity contribution is 0.0942. The molecule has 0 bridgehead atoms. The summed E-state index contributed by atoms with van der Waals surface area (Å²) in [4.78, 5) is 13.5. The fourth-order valence-electron chi connectivity index (χ4n) is 3.50. The first kappa shape index (κ1) is 23.3. The maximum Gasteiger partial charge on any atom is 0.252 e. The number of benzene rings is 3. The quantitative estimate of drug-likeness (QED) is 0.412. The molecule has 0 fully saturated rings. The first-order chi connectivity index (χ1) is 14.4. The number of rotatable bonds is 4. The number of halogens is 1. The summed E-state index contributed by atoms with van der Waals surface area (Å²) in [5.41, 5.74) is 5.07. The van der Waals surface area contributed by atoms with E-state index in [4.69, 9.17) is 0 Å². The third-order valence-corrected chi connectivity index (χ3v) is 6.07. The summed E-state index contributed by atoms with van der Waals surface area (Å²) in [5.74, 6) is -0.0617. The molecule has 0 spiro atoms. The van der Waals surface area contributed by atoms with Gasteiger partial charge in [-0.15, -0.1) is 0 Å². The minimum absolute atomic E-state index is 0.0408. The fraction of sp³-hybridized carbons (Fsp3) is 0.321. The predicted molar refractivity (Wildman–Crippen MR) is 134 cm³/mol. The van der Waals surface area contributed by atoms with Crippen molar-refractivity contribution in [1.82, 2.24) is 5.32 Å². The molecule has 0 aliphatic rings. The van der Waals surface area contributed by atoms with Crippen molar-refractivity contribution in [3.8, 4) is 0 Å². The van der Waals surface area contributed by atoms with Gasteiger partial charge in [-0.3, -0.25) is 4.79 Å². The van der Waals surface area contributed by atoms with E-state index in [0.29, 0.717) is 5.56 Å². The van der Waals surface area contributed by atoms with E-state index in [1.807, 2.05) is 54.6 Å². The van der Waals surface area contributed by atoms with Gasteiger partial charge < -0.3 is 5.32 Å². The van der Waals surface area contributed by atoms with Crippen LogP contribution in [0.15, 0.2) is 77.3 Å². The summed E-state index contributed by atoms with van der Waals surface area (Å²) >= 11 is 3.50. The number of nitrogens with one attached hydrogen (secondary N) is 1. The molecular weight excluding hydrogens is 446 g/mol. The van der Waals surface area contributed by atoms with Gasteiger partial charge in [-0.1, -0.05) is 106 Å². The van der Waals surface area contributed by atoms with Crippen LogP contribution in [-0.2, 0) is 10.8 Å². The first-order valence-electron chi connectivity index (χ1n) is 10.7. The van der Waals surface area contributed by atoms with Gasteiger partial charge in [-0.25, -0.2) is 0 Å². The van der Waals surface area contributed by atoms with Crippen molar-refractivity contribution in [3.63, 3.8) is 0 Å². The molecule has 3 heteroatoms. The molecule has 0 radical (unpaired) electrons. The minimum atomic E-state index is -0.224. The topological polar surface area (TPSA) is 29.1 Å². The number of amides is 1. The maximum absolute atomic E-state index is 13.5. The number of hydrogen-bond donors (Lipinski definition) is 1. The van der Waals surface area contributed by atoms with Crippen LogP contribution in [0.2, 0.25) is 0 Å². The molecule has 1 atom stereocenters. The second-order valence-corrected chi connectivity index (χ2v) is 11.1. The summed E-state index contributed by atoms with van der Waals surface area (Å²) in [5, 5.41) is 3.29. The Balaban J connectivity index is 2.03. The van der Waals surface area contributed by atoms with E-state index in [9.17, 15) is 4.79 Å². The smallest absolute Gasteiger partial charge is 0.252 e. The van der Waals surface area contributed by atoms with Crippen LogP contribution in [0.4, 0.5) is 0 Å². The number of carbonyl (C=O) groups excluding carboxylic acids is 1. The Bertz CT molecular complexity index is 1010. The molecule has 2 nitrogen and oxygen atoms in total. The SMILES string of the molecule is CC(C)(C)c1cc(C(=O)N[C@H](c2ccccc2)c2ccc(Br)cc2)cc(C(C)(C)C)c1. The third-order valence-electron chi connectivity index (χ3n) is 5.54. The van der Waals surface area contributed by atoms with Crippen molar-refractivity contribution in [2.45, 2.75) is 58.4 Å². The fourth-order valence-corrected chi connectivity index (χ4v) is 3.76. The van der Waals surface area contributed by atoms with Gasteiger partial charge >= 0.3 is 0 Å². The lowest BCUT2D eigenvalue weighted by Crippen LogP contribution is -2.30. The first-order valence-corrected chi connectivity index (χ1v) is 11.5. The van der Waals surface area contributed by atoms with Crippen LogP contribution in [0.1, 0.15) is 80.2 Å². The molecular formula is C28H32BrNO. The van der Waals surface area contributed by atoms with Crippen molar-refractivity contribution in [2.75, 3.05) is 0 Å². The highest BCUT2D eigenvalue weighted by atomic mass is 79.9. The van der Waals surface area contributed by atoms with Gasteiger partial charge in [0, 0.05) is 10.0 Å². The van der Waals surface area contributed by atoms with E-state index >= 15 is 0 Å². The van der Waals surface area contributed by atoms with E-state index in [-0.39, 0.29) is 22.8 Å². The molecule has 0 unspecified atom stereocenters. The maximum atomic E-state index is 13.5. The molecule has 3 rings (SSSR count). The van der Waals surface area contributed by atoms with Crippen LogP contribution in [-0.4, -0.2) is 5.91 Å². The van der Waals surface area contributed by atoms with Gasteiger partial charge in [0.1, 0.15) is 0 Å². The largest absolute Gasteiger partial charge is 0.341 e. The molecule has 0 heterocycles. The van der Waals surface area contributed by atoms with Crippen molar-refractivity contribution in [3.05, 3.63) is 105 Å². The zero-order valence-corrected chi connectivity index (χ0v) is 20.9. The molecule has 0 aromatic heterocycles. The molecule has 0 saturated heterocycles. The van der Waals surface area contributed by atoms with Crippen LogP contribution >= 0.6 is 15.9 Å². The highest BCUT2D eigenvalue weighted by Gasteiger charge is 2.24. The Hall–Kier alpha value is -2.39. The van der Waals surface area contributed by atoms with Crippen molar-refractivity contribution in [1.29, 1.82) is 0 Å². The molecule has 162 valence electrons. The minimum Gasteiger partial charge on any atom is -0.341 e. The summed E-state index contributed by atoms with van der Waals surface area (Å²) < 4.78 is 1.02. The third kappa shape index (κ3) is 5.86. The van der Waals surface area contributed by atoms with Crippen LogP contribution in [0.5, 0.6) is 0 Å². The Morgan fingerprint density at radius 3 is 1.71 bits per heavy atom. The second kappa shape index (κ2) is 9.00. The van der Waals surface area contributed by atoms with Gasteiger partial charge in [-0.2, -0.15) is 0 Å². The Morgan fingerprint density at radius 1 is 0.742 bits per heavy atom. The molecule has 0 aliphatic carbocycles. The zero-order valence-electron chi connectivity index (χ0n) is 19.3. The highest BCUT2D eigenvalue weighted by molar-refractivity contribution is 9.10. The summed E-state index contributed by atoms with van der Waals surface area (Å²) in [6.45, 7) is 13.1. The Kier molecular flexibility index (Phi) is 6.76. The standard InChI is InChI=1S/C28H32BrNO/c1-27(2,3)22-16-21(17-23(18-22)28(4,5)6)26(31)30-25(19-10-8-7-9-11-19)20-12-14-24(29)15-13-20/h7-18,25H,1-6H3,(H,30,31)/t25-/m1/s1. The van der Waals surface area contributed by atoms with E-state index in [1.165, 1.54) is 11.1 Å². The molecule has 0 saturated carbocycles. The van der Waals surface area contributed by atoms with Gasteiger partial charge in [-0.05, 0) is 57.3 Å². The second-order valence-electron chi connectivity index (χ2n) is 10.2. The summed E-state index contributed by atoms with van der Waals surface area (Å²) in [7, 11) is 0. The van der Waals surface area contributed by atoms with Gasteiger partial charge in [0.2, 0.25) is 0 Å². The van der Waals surface area contributed by atoms with Crippen molar-refractivity contribution >= 4 is 21.8 Å². The van der Waals surface area contributed by atoms with Gasteiger partial charge in [0.15, 0.2) is 0 Å². The van der Waals surface area contributed by atoms with Gasteiger partial charge in [0.05, 0.1) is 6.04 Å². The summed E-state index contributed by atoms with van der Waals surface area (Å²) in [6.07, 6.45) is 0. The van der Waals surface area contributed by atoms with Crippen molar-refractivity contribution < 1.29 is 4.79 Å². The Labute approximate surface area is 195 Å². The average Bonchev–Trinajstić information content (AvgIpc) is 2.71. The molecule has 0 aliphatic heterocycles. The van der Waals surface area contributed by atoms with E-state index in [2.05, 4.69) is 81.0 Å². The number of hydrogen-bond acceptors (Lipinski definition) is 1. The lowest BCUT2D eigenvalue weighted by Gasteiger charge is -2.27.